The Labute approximate surface area is 71.8 Å². The van der Waals surface area contributed by atoms with Crippen LogP contribution >= 0.6 is 0 Å². The Bertz CT molecular complexity index is 222. The van der Waals surface area contributed by atoms with Crippen molar-refractivity contribution in [3.63, 3.8) is 0 Å². The van der Waals surface area contributed by atoms with Gasteiger partial charge in [0.1, 0.15) is 6.04 Å². The van der Waals surface area contributed by atoms with Crippen LogP contribution in [-0.2, 0) is 9.53 Å². The van der Waals surface area contributed by atoms with E-state index in [4.69, 9.17) is 6.42 Å². The second-order valence-electron chi connectivity index (χ2n) is 2.73. The number of hydrogen-bond acceptors (Lipinski definition) is 4. The number of ether oxygens (including phenoxy) is 1. The maximum Gasteiger partial charge on any atom is 0.324 e. The fraction of sp³-hybridized carbons (Fsp3) is 0.625. The van der Waals surface area contributed by atoms with Gasteiger partial charge in [-0.15, -0.1) is 6.42 Å². The molecule has 4 heteroatoms. The van der Waals surface area contributed by atoms with Crippen molar-refractivity contribution in [1.29, 1.82) is 0 Å². The molecule has 0 aromatic carbocycles. The number of nitrogens with zero attached hydrogens (tertiary/aromatic N) is 1. The number of hydrazine groups is 1. The van der Waals surface area contributed by atoms with Gasteiger partial charge in [0, 0.05) is 13.5 Å². The van der Waals surface area contributed by atoms with E-state index in [9.17, 15) is 4.79 Å². The molecular weight excluding hydrogens is 156 g/mol. The molecule has 1 fully saturated rings. The zero-order valence-corrected chi connectivity index (χ0v) is 7.20. The van der Waals surface area contributed by atoms with Crippen LogP contribution in [0.1, 0.15) is 6.42 Å². The molecule has 0 bridgehead atoms. The number of terminal acetylenes is 1. The number of hydrogen-bond donors (Lipinski definition) is 1. The standard InChI is InChI=1S/C8H12N2O2/c1-4-6-5-7(8(11)12-3)9-10(6)2/h1,6-7,9H,5H2,2-3H3/t6-,7+/m0/s1. The fourth-order valence-corrected chi connectivity index (χ4v) is 1.24. The smallest absolute Gasteiger partial charge is 0.324 e. The van der Waals surface area contributed by atoms with Gasteiger partial charge in [-0.1, -0.05) is 5.92 Å². The van der Waals surface area contributed by atoms with Gasteiger partial charge in [-0.3, -0.25) is 4.79 Å². The molecule has 1 aliphatic heterocycles. The van der Waals surface area contributed by atoms with Crippen molar-refractivity contribution in [3.05, 3.63) is 0 Å². The first kappa shape index (κ1) is 9.04. The maximum absolute atomic E-state index is 11.0. The lowest BCUT2D eigenvalue weighted by Crippen LogP contribution is -2.39. The summed E-state index contributed by atoms with van der Waals surface area (Å²) in [7, 11) is 3.18. The van der Waals surface area contributed by atoms with Crippen molar-refractivity contribution in [2.24, 2.45) is 0 Å². The number of rotatable bonds is 1. The molecule has 1 saturated heterocycles. The predicted molar refractivity (Wildman–Crippen MR) is 43.9 cm³/mol. The molecular formula is C8H12N2O2. The van der Waals surface area contributed by atoms with E-state index in [2.05, 4.69) is 16.1 Å². The van der Waals surface area contributed by atoms with Crippen LogP contribution in [0, 0.1) is 12.3 Å². The van der Waals surface area contributed by atoms with Gasteiger partial charge in [0.15, 0.2) is 0 Å². The van der Waals surface area contributed by atoms with Crippen molar-refractivity contribution in [3.8, 4) is 12.3 Å². The van der Waals surface area contributed by atoms with Crippen molar-refractivity contribution in [1.82, 2.24) is 10.4 Å². The van der Waals surface area contributed by atoms with Gasteiger partial charge in [0.25, 0.3) is 0 Å². The Kier molecular flexibility index (Phi) is 2.69. The van der Waals surface area contributed by atoms with Crippen molar-refractivity contribution < 1.29 is 9.53 Å². The number of nitrogens with one attached hydrogen (secondary N) is 1. The highest BCUT2D eigenvalue weighted by atomic mass is 16.5. The Morgan fingerprint density at radius 2 is 2.50 bits per heavy atom. The van der Waals surface area contributed by atoms with Crippen LogP contribution in [0.15, 0.2) is 0 Å². The van der Waals surface area contributed by atoms with Crippen LogP contribution in [0.25, 0.3) is 0 Å². The predicted octanol–water partition coefficient (Wildman–Crippen LogP) is -0.630. The summed E-state index contributed by atoms with van der Waals surface area (Å²) >= 11 is 0. The molecule has 2 atom stereocenters. The van der Waals surface area contributed by atoms with Crippen LogP contribution < -0.4 is 5.43 Å². The highest BCUT2D eigenvalue weighted by molar-refractivity contribution is 5.76. The third kappa shape index (κ3) is 1.58. The molecule has 0 aliphatic carbocycles. The monoisotopic (exact) mass is 168 g/mol. The summed E-state index contributed by atoms with van der Waals surface area (Å²) in [5.74, 6) is 2.31. The normalized spacial score (nSPS) is 29.8. The highest BCUT2D eigenvalue weighted by Gasteiger charge is 2.32. The summed E-state index contributed by atoms with van der Waals surface area (Å²) in [6, 6.07) is -0.310. The van der Waals surface area contributed by atoms with Crippen LogP contribution in [-0.4, -0.2) is 37.2 Å². The molecule has 0 saturated carbocycles. The van der Waals surface area contributed by atoms with Crippen LogP contribution in [0.2, 0.25) is 0 Å². The molecule has 0 aromatic rings. The number of methoxy groups -OCH3 is 1. The summed E-state index contributed by atoms with van der Waals surface area (Å²) in [6.45, 7) is 0. The van der Waals surface area contributed by atoms with Crippen LogP contribution in [0.5, 0.6) is 0 Å². The molecule has 12 heavy (non-hydrogen) atoms. The van der Waals surface area contributed by atoms with Crippen LogP contribution in [0.4, 0.5) is 0 Å². The molecule has 4 nitrogen and oxygen atoms in total. The maximum atomic E-state index is 11.0. The Morgan fingerprint density at radius 3 is 2.92 bits per heavy atom. The van der Waals surface area contributed by atoms with Gasteiger partial charge >= 0.3 is 5.97 Å². The van der Waals surface area contributed by atoms with E-state index in [1.54, 1.807) is 5.01 Å². The van der Waals surface area contributed by atoms with E-state index in [1.807, 2.05) is 7.05 Å². The molecule has 1 heterocycles. The summed E-state index contributed by atoms with van der Waals surface area (Å²) in [5.41, 5.74) is 2.92. The van der Waals surface area contributed by atoms with Crippen LogP contribution in [0.3, 0.4) is 0 Å². The minimum Gasteiger partial charge on any atom is -0.468 e. The Hall–Kier alpha value is -1.05. The second kappa shape index (κ2) is 3.57. The Morgan fingerprint density at radius 1 is 1.83 bits per heavy atom. The third-order valence-electron chi connectivity index (χ3n) is 1.96. The van der Waals surface area contributed by atoms with Crippen molar-refractivity contribution in [2.45, 2.75) is 18.5 Å². The molecule has 0 amide bonds. The molecule has 66 valence electrons. The molecule has 0 aromatic heterocycles. The molecule has 0 radical (unpaired) electrons. The fourth-order valence-electron chi connectivity index (χ4n) is 1.24. The first-order valence-corrected chi connectivity index (χ1v) is 3.72. The van der Waals surface area contributed by atoms with Gasteiger partial charge in [0.05, 0.1) is 13.2 Å². The minimum absolute atomic E-state index is 0.0194. The van der Waals surface area contributed by atoms with E-state index in [0.29, 0.717) is 6.42 Å². The Balaban J connectivity index is 2.55. The average molecular weight is 168 g/mol. The molecule has 0 spiro atoms. The van der Waals surface area contributed by atoms with Gasteiger partial charge in [-0.05, 0) is 0 Å². The zero-order valence-electron chi connectivity index (χ0n) is 7.20. The van der Waals surface area contributed by atoms with E-state index in [1.165, 1.54) is 7.11 Å². The lowest BCUT2D eigenvalue weighted by molar-refractivity contribution is -0.143. The second-order valence-corrected chi connectivity index (χ2v) is 2.73. The molecule has 1 N–H and O–H groups in total. The molecule has 1 aliphatic rings. The zero-order chi connectivity index (χ0) is 9.14. The number of carbonyl (C=O) groups is 1. The summed E-state index contributed by atoms with van der Waals surface area (Å²) in [5, 5.41) is 1.75. The van der Waals surface area contributed by atoms with E-state index < -0.39 is 0 Å². The van der Waals surface area contributed by atoms with E-state index in [-0.39, 0.29) is 18.1 Å². The quantitative estimate of drug-likeness (QED) is 0.418. The third-order valence-corrected chi connectivity index (χ3v) is 1.96. The lowest BCUT2D eigenvalue weighted by atomic mass is 10.1. The SMILES string of the molecule is C#C[C@H]1C[C@H](C(=O)OC)NN1C. The lowest BCUT2D eigenvalue weighted by Gasteiger charge is -2.12. The van der Waals surface area contributed by atoms with Crippen molar-refractivity contribution in [2.75, 3.05) is 14.2 Å². The van der Waals surface area contributed by atoms with E-state index in [0.717, 1.165) is 0 Å². The van der Waals surface area contributed by atoms with Gasteiger partial charge in [-0.2, -0.15) is 0 Å². The van der Waals surface area contributed by atoms with Gasteiger partial charge < -0.3 is 4.74 Å². The summed E-state index contributed by atoms with van der Waals surface area (Å²) < 4.78 is 4.58. The molecule has 0 unspecified atom stereocenters. The largest absolute Gasteiger partial charge is 0.468 e. The summed E-state index contributed by atoms with van der Waals surface area (Å²) in [4.78, 5) is 11.0. The van der Waals surface area contributed by atoms with E-state index >= 15 is 0 Å². The summed E-state index contributed by atoms with van der Waals surface area (Å²) in [6.07, 6.45) is 5.86. The highest BCUT2D eigenvalue weighted by Crippen LogP contribution is 2.12. The number of carbonyl (C=O) groups excluding carboxylic acids is 1. The topological polar surface area (TPSA) is 41.6 Å². The minimum atomic E-state index is -0.291. The van der Waals surface area contributed by atoms with Crippen molar-refractivity contribution >= 4 is 5.97 Å². The first-order chi connectivity index (χ1) is 5.69. The molecule has 1 rings (SSSR count). The van der Waals surface area contributed by atoms with Gasteiger partial charge in [-0.25, -0.2) is 10.4 Å². The van der Waals surface area contributed by atoms with Gasteiger partial charge in [0.2, 0.25) is 0 Å². The average Bonchev–Trinajstić information content (AvgIpc) is 2.45. The number of esters is 1. The first-order valence-electron chi connectivity index (χ1n) is 3.72.